The van der Waals surface area contributed by atoms with Gasteiger partial charge in [0.05, 0.1) is 25.4 Å². The summed E-state index contributed by atoms with van der Waals surface area (Å²) in [5.41, 5.74) is 2.42. The molecule has 1 atom stereocenters. The molecule has 160 valence electrons. The highest BCUT2D eigenvalue weighted by molar-refractivity contribution is 5.96. The lowest BCUT2D eigenvalue weighted by atomic mass is 10.1. The Morgan fingerprint density at radius 3 is 2.55 bits per heavy atom. The average Bonchev–Trinajstić information content (AvgIpc) is 2.73. The van der Waals surface area contributed by atoms with Gasteiger partial charge in [-0.2, -0.15) is 0 Å². The molecule has 29 heavy (non-hydrogen) atoms. The molecule has 1 unspecified atom stereocenters. The minimum Gasteiger partial charge on any atom is -0.495 e. The first-order valence-electron chi connectivity index (χ1n) is 10.3. The molecule has 1 N–H and O–H groups in total. The van der Waals surface area contributed by atoms with Crippen LogP contribution in [0.15, 0.2) is 18.2 Å². The number of imide groups is 1. The number of benzene rings is 1. The Labute approximate surface area is 173 Å². The van der Waals surface area contributed by atoms with Crippen LogP contribution in [0.25, 0.3) is 0 Å². The number of ether oxygens (including phenoxy) is 1. The number of piperazine rings is 1. The molecule has 0 aliphatic carbocycles. The quantitative estimate of drug-likeness (QED) is 0.693. The maximum Gasteiger partial charge on any atom is 0.327 e. The van der Waals surface area contributed by atoms with Crippen molar-refractivity contribution in [3.63, 3.8) is 0 Å². The lowest BCUT2D eigenvalue weighted by Crippen LogP contribution is -2.58. The summed E-state index contributed by atoms with van der Waals surface area (Å²) in [4.78, 5) is 31.5. The van der Waals surface area contributed by atoms with Gasteiger partial charge in [0.25, 0.3) is 0 Å². The van der Waals surface area contributed by atoms with Crippen molar-refractivity contribution in [2.75, 3.05) is 65.4 Å². The Hall–Kier alpha value is -2.32. The van der Waals surface area contributed by atoms with Crippen molar-refractivity contribution in [2.24, 2.45) is 0 Å². The van der Waals surface area contributed by atoms with Crippen LogP contribution >= 0.6 is 0 Å². The predicted octanol–water partition coefficient (Wildman–Crippen LogP) is 1.35. The van der Waals surface area contributed by atoms with Gasteiger partial charge < -0.3 is 14.5 Å². The molecule has 2 aliphatic rings. The third-order valence-electron chi connectivity index (χ3n) is 5.88. The first kappa shape index (κ1) is 21.4. The van der Waals surface area contributed by atoms with E-state index in [1.807, 2.05) is 6.07 Å². The zero-order valence-electron chi connectivity index (χ0n) is 18.0. The molecule has 2 saturated heterocycles. The van der Waals surface area contributed by atoms with Crippen molar-refractivity contribution in [3.05, 3.63) is 23.8 Å². The fraction of sp³-hybridized carbons (Fsp3) is 0.619. The molecular formula is C21H33N5O3. The second-order valence-corrected chi connectivity index (χ2v) is 7.88. The van der Waals surface area contributed by atoms with Crippen molar-refractivity contribution in [3.8, 4) is 5.75 Å². The van der Waals surface area contributed by atoms with Crippen LogP contribution in [0.4, 0.5) is 10.5 Å². The number of anilines is 1. The summed E-state index contributed by atoms with van der Waals surface area (Å²) in [5.74, 6) is 0.799. The number of aryl methyl sites for hydroxylation is 1. The van der Waals surface area contributed by atoms with Crippen LogP contribution in [-0.2, 0) is 4.79 Å². The van der Waals surface area contributed by atoms with Crippen molar-refractivity contribution in [1.82, 2.24) is 20.0 Å². The maximum atomic E-state index is 12.0. The summed E-state index contributed by atoms with van der Waals surface area (Å²) >= 11 is 0. The van der Waals surface area contributed by atoms with Gasteiger partial charge in [-0.3, -0.25) is 19.9 Å². The molecule has 3 amide bonds. The highest BCUT2D eigenvalue weighted by Gasteiger charge is 2.33. The van der Waals surface area contributed by atoms with E-state index in [0.717, 1.165) is 51.4 Å². The second kappa shape index (κ2) is 9.45. The van der Waals surface area contributed by atoms with Gasteiger partial charge in [-0.05, 0) is 44.1 Å². The number of amides is 3. The largest absolute Gasteiger partial charge is 0.495 e. The van der Waals surface area contributed by atoms with E-state index in [-0.39, 0.29) is 18.1 Å². The zero-order chi connectivity index (χ0) is 21.0. The number of methoxy groups -OCH3 is 1. The smallest absolute Gasteiger partial charge is 0.327 e. The van der Waals surface area contributed by atoms with Crippen molar-refractivity contribution in [2.45, 2.75) is 25.9 Å². The van der Waals surface area contributed by atoms with Crippen LogP contribution < -0.4 is 15.0 Å². The Kier molecular flexibility index (Phi) is 6.97. The molecule has 8 heteroatoms. The fourth-order valence-electron chi connectivity index (χ4n) is 3.96. The molecule has 0 aromatic heterocycles. The van der Waals surface area contributed by atoms with Crippen LogP contribution in [0, 0.1) is 6.92 Å². The highest BCUT2D eigenvalue weighted by atomic mass is 16.5. The van der Waals surface area contributed by atoms with E-state index in [1.54, 1.807) is 19.1 Å². The molecule has 1 aromatic carbocycles. The molecule has 0 saturated carbocycles. The van der Waals surface area contributed by atoms with Gasteiger partial charge in [0.15, 0.2) is 0 Å². The first-order chi connectivity index (χ1) is 13.9. The number of hydrogen-bond donors (Lipinski definition) is 1. The van der Waals surface area contributed by atoms with E-state index in [1.165, 1.54) is 23.2 Å². The van der Waals surface area contributed by atoms with Gasteiger partial charge in [-0.1, -0.05) is 6.07 Å². The number of hydrogen-bond acceptors (Lipinski definition) is 6. The Bertz CT molecular complexity index is 733. The van der Waals surface area contributed by atoms with Gasteiger partial charge in [0.2, 0.25) is 5.91 Å². The molecule has 8 nitrogen and oxygen atoms in total. The fourth-order valence-corrected chi connectivity index (χ4v) is 3.96. The highest BCUT2D eigenvalue weighted by Crippen LogP contribution is 2.30. The summed E-state index contributed by atoms with van der Waals surface area (Å²) in [6.07, 6.45) is 1.10. The lowest BCUT2D eigenvalue weighted by Gasteiger charge is -2.38. The third kappa shape index (κ3) is 5.00. The number of rotatable bonds is 7. The van der Waals surface area contributed by atoms with Crippen LogP contribution in [0.5, 0.6) is 5.75 Å². The number of nitrogens with zero attached hydrogens (tertiary/aromatic N) is 4. The lowest BCUT2D eigenvalue weighted by molar-refractivity contribution is -0.131. The third-order valence-corrected chi connectivity index (χ3v) is 5.88. The minimum atomic E-state index is -0.249. The van der Waals surface area contributed by atoms with Gasteiger partial charge in [0, 0.05) is 40.3 Å². The van der Waals surface area contributed by atoms with E-state index in [2.05, 4.69) is 34.2 Å². The summed E-state index contributed by atoms with van der Waals surface area (Å²) in [5, 5.41) is 3.35. The monoisotopic (exact) mass is 403 g/mol. The number of urea groups is 1. The second-order valence-electron chi connectivity index (χ2n) is 7.88. The van der Waals surface area contributed by atoms with E-state index in [9.17, 15) is 9.59 Å². The van der Waals surface area contributed by atoms with Gasteiger partial charge in [-0.15, -0.1) is 0 Å². The number of carbonyl (C=O) groups is 2. The summed E-state index contributed by atoms with van der Waals surface area (Å²) in [7, 11) is 4.99. The average molecular weight is 404 g/mol. The van der Waals surface area contributed by atoms with E-state index in [0.29, 0.717) is 6.42 Å². The molecular weight excluding hydrogens is 370 g/mol. The van der Waals surface area contributed by atoms with E-state index >= 15 is 0 Å². The molecule has 2 aliphatic heterocycles. The van der Waals surface area contributed by atoms with E-state index < -0.39 is 0 Å². The Morgan fingerprint density at radius 1 is 1.14 bits per heavy atom. The van der Waals surface area contributed by atoms with Crippen LogP contribution in [0.3, 0.4) is 0 Å². The van der Waals surface area contributed by atoms with Crippen molar-refractivity contribution < 1.29 is 14.3 Å². The number of carbonyl (C=O) groups excluding carboxylic acids is 2. The minimum absolute atomic E-state index is 0.131. The number of nitrogens with one attached hydrogen (secondary N) is 1. The predicted molar refractivity (Wildman–Crippen MR) is 113 cm³/mol. The summed E-state index contributed by atoms with van der Waals surface area (Å²) < 4.78 is 5.53. The first-order valence-corrected chi connectivity index (χ1v) is 10.3. The summed E-state index contributed by atoms with van der Waals surface area (Å²) in [6, 6.07) is 6.06. The van der Waals surface area contributed by atoms with Crippen LogP contribution in [0.1, 0.15) is 18.4 Å². The molecule has 0 spiro atoms. The van der Waals surface area contributed by atoms with Gasteiger partial charge in [0.1, 0.15) is 5.75 Å². The van der Waals surface area contributed by atoms with Crippen molar-refractivity contribution >= 4 is 17.6 Å². The molecule has 3 rings (SSSR count). The van der Waals surface area contributed by atoms with Gasteiger partial charge in [-0.25, -0.2) is 4.79 Å². The summed E-state index contributed by atoms with van der Waals surface area (Å²) in [6.45, 7) is 7.89. The zero-order valence-corrected chi connectivity index (χ0v) is 18.0. The molecule has 1 aromatic rings. The topological polar surface area (TPSA) is 68.4 Å². The SMILES string of the molecule is COc1ccc(C)cc1N1CCN(CCCNC2CC(=O)N(C)C(=O)N2C)CC1. The molecule has 0 radical (unpaired) electrons. The van der Waals surface area contributed by atoms with Crippen LogP contribution in [0.2, 0.25) is 0 Å². The normalized spacial score (nSPS) is 21.1. The van der Waals surface area contributed by atoms with Gasteiger partial charge >= 0.3 is 6.03 Å². The molecule has 2 fully saturated rings. The Balaban J connectivity index is 1.40. The van der Waals surface area contributed by atoms with Crippen LogP contribution in [-0.4, -0.2) is 93.3 Å². The van der Waals surface area contributed by atoms with Crippen molar-refractivity contribution in [1.29, 1.82) is 0 Å². The van der Waals surface area contributed by atoms with E-state index in [4.69, 9.17) is 4.74 Å². The molecule has 0 bridgehead atoms. The standard InChI is InChI=1S/C21H33N5O3/c1-16-6-7-18(29-4)17(14-16)26-12-10-25(11-13-26)9-5-8-22-19-15-20(27)24(3)21(28)23(19)2/h6-7,14,19,22H,5,8-13,15H2,1-4H3. The maximum absolute atomic E-state index is 12.0. The molecule has 2 heterocycles. The Morgan fingerprint density at radius 2 is 1.86 bits per heavy atom.